The van der Waals surface area contributed by atoms with Crippen LogP contribution in [-0.4, -0.2) is 21.9 Å². The molecule has 0 radical (unpaired) electrons. The third-order valence-electron chi connectivity index (χ3n) is 6.99. The molecule has 0 spiro atoms. The first-order chi connectivity index (χ1) is 10.1. The summed E-state index contributed by atoms with van der Waals surface area (Å²) in [5, 5.41) is 21.5. The minimum absolute atomic E-state index is 0.0705. The maximum Gasteiger partial charge on any atom is 0.0656 e. The second-order valence-corrected chi connectivity index (χ2v) is 8.77. The van der Waals surface area contributed by atoms with E-state index in [0.29, 0.717) is 5.92 Å². The zero-order valence-electron chi connectivity index (χ0n) is 15.0. The average molecular weight is 306 g/mol. The van der Waals surface area contributed by atoms with E-state index in [2.05, 4.69) is 40.3 Å². The van der Waals surface area contributed by atoms with Gasteiger partial charge in [-0.3, -0.25) is 0 Å². The Morgan fingerprint density at radius 3 is 2.41 bits per heavy atom. The number of fused-ring (bicyclic) bond motifs is 1. The molecule has 2 N–H and O–H groups in total. The summed E-state index contributed by atoms with van der Waals surface area (Å²) in [5.74, 6) is 0.701. The smallest absolute Gasteiger partial charge is 0.0656 e. The van der Waals surface area contributed by atoms with Crippen LogP contribution in [0.4, 0.5) is 0 Å². The van der Waals surface area contributed by atoms with Gasteiger partial charge in [-0.05, 0) is 68.6 Å². The zero-order chi connectivity index (χ0) is 16.8. The van der Waals surface area contributed by atoms with Crippen molar-refractivity contribution in [3.8, 4) is 0 Å². The summed E-state index contributed by atoms with van der Waals surface area (Å²) in [4.78, 5) is 0. The Kier molecular flexibility index (Phi) is 4.68. The lowest BCUT2D eigenvalue weighted by Gasteiger charge is -2.62. The van der Waals surface area contributed by atoms with E-state index < -0.39 is 5.60 Å². The van der Waals surface area contributed by atoms with Crippen molar-refractivity contribution < 1.29 is 10.2 Å². The molecule has 0 aliphatic heterocycles. The fourth-order valence-electron chi connectivity index (χ4n) is 5.43. The van der Waals surface area contributed by atoms with Crippen molar-refractivity contribution in [1.29, 1.82) is 0 Å². The Bertz CT molecular complexity index is 460. The van der Waals surface area contributed by atoms with Crippen molar-refractivity contribution in [1.82, 2.24) is 0 Å². The Hall–Kier alpha value is -0.600. The Morgan fingerprint density at radius 1 is 1.18 bits per heavy atom. The van der Waals surface area contributed by atoms with Crippen LogP contribution < -0.4 is 0 Å². The van der Waals surface area contributed by atoms with E-state index in [4.69, 9.17) is 0 Å². The van der Waals surface area contributed by atoms with Crippen LogP contribution in [0.5, 0.6) is 0 Å². The quantitative estimate of drug-likeness (QED) is 0.755. The second kappa shape index (κ2) is 5.79. The first-order valence-corrected chi connectivity index (χ1v) is 8.75. The van der Waals surface area contributed by atoms with Crippen LogP contribution in [-0.2, 0) is 0 Å². The SMILES string of the molecule is C=C/C(C)=C\CC1[C@](C)(O)CC[C@H]2C(C)(C)C(O)CC[C@]12C. The van der Waals surface area contributed by atoms with Crippen molar-refractivity contribution in [3.05, 3.63) is 24.3 Å². The van der Waals surface area contributed by atoms with Crippen molar-refractivity contribution in [3.63, 3.8) is 0 Å². The maximum atomic E-state index is 11.0. The summed E-state index contributed by atoms with van der Waals surface area (Å²) in [5.41, 5.74) is 0.569. The first-order valence-electron chi connectivity index (χ1n) is 8.75. The number of hydrogen-bond donors (Lipinski definition) is 2. The summed E-state index contributed by atoms with van der Waals surface area (Å²) in [6.07, 6.45) is 8.46. The van der Waals surface area contributed by atoms with Gasteiger partial charge in [0, 0.05) is 0 Å². The van der Waals surface area contributed by atoms with Gasteiger partial charge in [-0.15, -0.1) is 0 Å². The highest BCUT2D eigenvalue weighted by Crippen LogP contribution is 2.62. The molecule has 2 unspecified atom stereocenters. The van der Waals surface area contributed by atoms with E-state index in [0.717, 1.165) is 32.1 Å². The molecular weight excluding hydrogens is 272 g/mol. The van der Waals surface area contributed by atoms with E-state index in [1.165, 1.54) is 5.57 Å². The molecule has 0 aromatic carbocycles. The van der Waals surface area contributed by atoms with Gasteiger partial charge in [0.15, 0.2) is 0 Å². The minimum Gasteiger partial charge on any atom is -0.393 e. The molecule has 2 aliphatic rings. The summed E-state index contributed by atoms with van der Waals surface area (Å²) in [6.45, 7) is 14.7. The third kappa shape index (κ3) is 2.80. The lowest BCUT2D eigenvalue weighted by Crippen LogP contribution is -2.60. The molecule has 2 saturated carbocycles. The molecule has 0 aromatic rings. The molecule has 2 fully saturated rings. The predicted octanol–water partition coefficient (Wildman–Crippen LogP) is 4.47. The number of aliphatic hydroxyl groups excluding tert-OH is 1. The highest BCUT2D eigenvalue weighted by atomic mass is 16.3. The van der Waals surface area contributed by atoms with Crippen LogP contribution in [0.1, 0.15) is 66.7 Å². The van der Waals surface area contributed by atoms with Gasteiger partial charge in [0.1, 0.15) is 0 Å². The zero-order valence-corrected chi connectivity index (χ0v) is 15.0. The molecule has 0 heterocycles. The Morgan fingerprint density at radius 2 is 1.82 bits per heavy atom. The molecule has 2 heteroatoms. The predicted molar refractivity (Wildman–Crippen MR) is 92.5 cm³/mol. The summed E-state index contributed by atoms with van der Waals surface area (Å²) in [6, 6.07) is 0. The molecule has 0 bridgehead atoms. The van der Waals surface area contributed by atoms with Gasteiger partial charge in [-0.2, -0.15) is 0 Å². The van der Waals surface area contributed by atoms with Crippen molar-refractivity contribution in [2.45, 2.75) is 78.4 Å². The molecule has 126 valence electrons. The standard InChI is InChI=1S/C20H34O2/c1-7-14(2)8-9-16-19(5)12-11-17(21)18(3,4)15(19)10-13-20(16,6)22/h7-8,15-17,21-22H,1,9-13H2,2-6H3/b14-8-/t15-,16?,17?,19-,20+/m0/s1. The Labute approximate surface area is 136 Å². The fourth-order valence-corrected chi connectivity index (χ4v) is 5.43. The molecular formula is C20H34O2. The van der Waals surface area contributed by atoms with Crippen LogP contribution in [0, 0.1) is 22.7 Å². The van der Waals surface area contributed by atoms with Gasteiger partial charge in [-0.1, -0.05) is 45.1 Å². The molecule has 0 aromatic heterocycles. The largest absolute Gasteiger partial charge is 0.393 e. The highest BCUT2D eigenvalue weighted by Gasteiger charge is 2.59. The summed E-state index contributed by atoms with van der Waals surface area (Å²) >= 11 is 0. The minimum atomic E-state index is -0.623. The van der Waals surface area contributed by atoms with Gasteiger partial charge in [0.05, 0.1) is 11.7 Å². The Balaban J connectivity index is 2.37. The van der Waals surface area contributed by atoms with Crippen LogP contribution >= 0.6 is 0 Å². The first kappa shape index (κ1) is 17.7. The molecule has 22 heavy (non-hydrogen) atoms. The van der Waals surface area contributed by atoms with E-state index >= 15 is 0 Å². The lowest BCUT2D eigenvalue weighted by atomic mass is 9.44. The van der Waals surface area contributed by atoms with E-state index in [-0.39, 0.29) is 22.9 Å². The average Bonchev–Trinajstić information content (AvgIpc) is 2.41. The highest BCUT2D eigenvalue weighted by molar-refractivity contribution is 5.16. The second-order valence-electron chi connectivity index (χ2n) is 8.77. The maximum absolute atomic E-state index is 11.0. The van der Waals surface area contributed by atoms with Crippen LogP contribution in [0.3, 0.4) is 0 Å². The summed E-state index contributed by atoms with van der Waals surface area (Å²) in [7, 11) is 0. The lowest BCUT2D eigenvalue weighted by molar-refractivity contribution is -0.193. The molecule has 0 amide bonds. The van der Waals surface area contributed by atoms with Gasteiger partial charge in [0.25, 0.3) is 0 Å². The number of rotatable bonds is 3. The molecule has 2 rings (SSSR count). The third-order valence-corrected chi connectivity index (χ3v) is 6.99. The van der Waals surface area contributed by atoms with Crippen LogP contribution in [0.15, 0.2) is 24.3 Å². The molecule has 5 atom stereocenters. The van der Waals surface area contributed by atoms with Crippen LogP contribution in [0.2, 0.25) is 0 Å². The van der Waals surface area contributed by atoms with Crippen LogP contribution in [0.25, 0.3) is 0 Å². The molecule has 2 nitrogen and oxygen atoms in total. The van der Waals surface area contributed by atoms with E-state index in [1.54, 1.807) is 0 Å². The van der Waals surface area contributed by atoms with E-state index in [9.17, 15) is 10.2 Å². The topological polar surface area (TPSA) is 40.5 Å². The van der Waals surface area contributed by atoms with Gasteiger partial charge in [0.2, 0.25) is 0 Å². The van der Waals surface area contributed by atoms with E-state index in [1.807, 2.05) is 13.0 Å². The molecule has 0 saturated heterocycles. The van der Waals surface area contributed by atoms with Gasteiger partial charge in [-0.25, -0.2) is 0 Å². The van der Waals surface area contributed by atoms with Crippen molar-refractivity contribution in [2.75, 3.05) is 0 Å². The van der Waals surface area contributed by atoms with Crippen molar-refractivity contribution >= 4 is 0 Å². The number of hydrogen-bond acceptors (Lipinski definition) is 2. The van der Waals surface area contributed by atoms with Gasteiger partial charge >= 0.3 is 0 Å². The number of aliphatic hydroxyl groups is 2. The summed E-state index contributed by atoms with van der Waals surface area (Å²) < 4.78 is 0. The normalized spacial score (nSPS) is 45.2. The fraction of sp³-hybridized carbons (Fsp3) is 0.800. The van der Waals surface area contributed by atoms with Gasteiger partial charge < -0.3 is 10.2 Å². The molecule has 2 aliphatic carbocycles. The number of allylic oxidation sites excluding steroid dienone is 3. The van der Waals surface area contributed by atoms with Crippen molar-refractivity contribution in [2.24, 2.45) is 22.7 Å². The monoisotopic (exact) mass is 306 g/mol.